The highest BCUT2D eigenvalue weighted by Crippen LogP contribution is 2.29. The van der Waals surface area contributed by atoms with Crippen molar-refractivity contribution in [2.24, 2.45) is 0 Å². The van der Waals surface area contributed by atoms with Gasteiger partial charge in [-0.15, -0.1) is 13.2 Å². The standard InChI is InChI=1S/C25H19Cl2F3N2O6/c26-16-11-17(27)13-20(12-16)37-24(36)22(14-3-7-19(8-4-14)38-25(28,29)30)32-18-5-1-15(2-6-18)23(35)31-10-9-21(33)34/h1-8,11-13,22,32H,9-10H2,(H,31,35)(H,33,34). The van der Waals surface area contributed by atoms with Crippen molar-refractivity contribution in [1.82, 2.24) is 5.32 Å². The molecule has 0 saturated carbocycles. The minimum Gasteiger partial charge on any atom is -0.481 e. The van der Waals surface area contributed by atoms with E-state index in [1.807, 2.05) is 0 Å². The van der Waals surface area contributed by atoms with Gasteiger partial charge in [0, 0.05) is 27.8 Å². The van der Waals surface area contributed by atoms with Crippen molar-refractivity contribution in [3.05, 3.63) is 87.9 Å². The third-order valence-electron chi connectivity index (χ3n) is 4.82. The molecule has 38 heavy (non-hydrogen) atoms. The van der Waals surface area contributed by atoms with Crippen LogP contribution in [-0.4, -0.2) is 35.9 Å². The zero-order valence-electron chi connectivity index (χ0n) is 19.2. The van der Waals surface area contributed by atoms with Crippen LogP contribution in [0.2, 0.25) is 10.0 Å². The fourth-order valence-corrected chi connectivity index (χ4v) is 3.68. The molecule has 0 heterocycles. The molecular weight excluding hydrogens is 552 g/mol. The van der Waals surface area contributed by atoms with E-state index in [9.17, 15) is 27.6 Å². The van der Waals surface area contributed by atoms with Crippen molar-refractivity contribution in [3.8, 4) is 11.5 Å². The Morgan fingerprint density at radius 1 is 0.895 bits per heavy atom. The molecule has 1 atom stereocenters. The van der Waals surface area contributed by atoms with Crippen molar-refractivity contribution in [2.45, 2.75) is 18.8 Å². The number of rotatable bonds is 10. The maximum absolute atomic E-state index is 13.1. The third-order valence-corrected chi connectivity index (χ3v) is 5.26. The first-order valence-corrected chi connectivity index (χ1v) is 11.6. The number of amides is 1. The maximum atomic E-state index is 13.1. The predicted octanol–water partition coefficient (Wildman–Crippen LogP) is 5.86. The molecule has 1 amide bonds. The van der Waals surface area contributed by atoms with Crippen LogP contribution in [0.15, 0.2) is 66.7 Å². The second-order valence-corrected chi connectivity index (χ2v) is 8.57. The van der Waals surface area contributed by atoms with Gasteiger partial charge in [0.05, 0.1) is 6.42 Å². The number of ether oxygens (including phenoxy) is 2. The summed E-state index contributed by atoms with van der Waals surface area (Å²) < 4.78 is 46.9. The van der Waals surface area contributed by atoms with Gasteiger partial charge in [0.25, 0.3) is 5.91 Å². The number of halogens is 5. The van der Waals surface area contributed by atoms with Gasteiger partial charge < -0.3 is 25.2 Å². The van der Waals surface area contributed by atoms with Gasteiger partial charge in [-0.1, -0.05) is 35.3 Å². The van der Waals surface area contributed by atoms with Crippen molar-refractivity contribution in [1.29, 1.82) is 0 Å². The summed E-state index contributed by atoms with van der Waals surface area (Å²) in [7, 11) is 0. The lowest BCUT2D eigenvalue weighted by Gasteiger charge is -2.20. The number of esters is 1. The van der Waals surface area contributed by atoms with Gasteiger partial charge >= 0.3 is 18.3 Å². The van der Waals surface area contributed by atoms with Crippen molar-refractivity contribution in [3.63, 3.8) is 0 Å². The lowest BCUT2D eigenvalue weighted by atomic mass is 10.1. The number of benzene rings is 3. The number of carbonyl (C=O) groups excluding carboxylic acids is 2. The highest BCUT2D eigenvalue weighted by Gasteiger charge is 2.31. The fraction of sp³-hybridized carbons (Fsp3) is 0.160. The molecule has 0 aliphatic rings. The molecule has 3 rings (SSSR count). The first kappa shape index (κ1) is 28.6. The number of alkyl halides is 3. The van der Waals surface area contributed by atoms with Gasteiger partial charge in [-0.3, -0.25) is 9.59 Å². The fourth-order valence-electron chi connectivity index (χ4n) is 3.17. The molecule has 0 bridgehead atoms. The van der Waals surface area contributed by atoms with Gasteiger partial charge in [0.1, 0.15) is 11.5 Å². The largest absolute Gasteiger partial charge is 0.573 e. The first-order chi connectivity index (χ1) is 17.9. The topological polar surface area (TPSA) is 114 Å². The van der Waals surface area contributed by atoms with Crippen LogP contribution in [0.1, 0.15) is 28.4 Å². The lowest BCUT2D eigenvalue weighted by molar-refractivity contribution is -0.274. The zero-order chi connectivity index (χ0) is 27.9. The summed E-state index contributed by atoms with van der Waals surface area (Å²) >= 11 is 11.9. The number of anilines is 1. The maximum Gasteiger partial charge on any atom is 0.573 e. The molecule has 0 spiro atoms. The second kappa shape index (κ2) is 12.5. The Kier molecular flexibility index (Phi) is 9.43. The molecule has 0 aliphatic heterocycles. The van der Waals surface area contributed by atoms with Crippen LogP contribution in [0.25, 0.3) is 0 Å². The van der Waals surface area contributed by atoms with E-state index in [1.165, 1.54) is 54.6 Å². The van der Waals surface area contributed by atoms with Gasteiger partial charge in [-0.25, -0.2) is 4.79 Å². The summed E-state index contributed by atoms with van der Waals surface area (Å²) in [6.45, 7) is -0.0519. The Hall–Kier alpha value is -3.96. The highest BCUT2D eigenvalue weighted by molar-refractivity contribution is 6.34. The quantitative estimate of drug-likeness (QED) is 0.207. The van der Waals surface area contributed by atoms with Crippen LogP contribution in [0.5, 0.6) is 11.5 Å². The number of aliphatic carboxylic acids is 1. The summed E-state index contributed by atoms with van der Waals surface area (Å²) in [5.74, 6) is -2.81. The average molecular weight is 571 g/mol. The smallest absolute Gasteiger partial charge is 0.481 e. The van der Waals surface area contributed by atoms with Gasteiger partial charge in [-0.05, 0) is 60.2 Å². The molecule has 0 aromatic heterocycles. The molecule has 0 fully saturated rings. The van der Waals surface area contributed by atoms with Crippen LogP contribution in [0.4, 0.5) is 18.9 Å². The number of hydrogen-bond donors (Lipinski definition) is 3. The SMILES string of the molecule is O=C(O)CCNC(=O)c1ccc(NC(C(=O)Oc2cc(Cl)cc(Cl)c2)c2ccc(OC(F)(F)F)cc2)cc1. The second-order valence-electron chi connectivity index (χ2n) is 7.70. The number of hydrogen-bond acceptors (Lipinski definition) is 6. The Balaban J connectivity index is 1.82. The lowest BCUT2D eigenvalue weighted by Crippen LogP contribution is -2.26. The van der Waals surface area contributed by atoms with E-state index in [1.54, 1.807) is 0 Å². The molecule has 3 N–H and O–H groups in total. The first-order valence-electron chi connectivity index (χ1n) is 10.8. The molecule has 8 nitrogen and oxygen atoms in total. The Morgan fingerprint density at radius 3 is 2.05 bits per heavy atom. The molecular formula is C25H19Cl2F3N2O6. The minimum absolute atomic E-state index is 0.0460. The van der Waals surface area contributed by atoms with Crippen molar-refractivity contribution < 1.29 is 42.1 Å². The van der Waals surface area contributed by atoms with Crippen LogP contribution in [0, 0.1) is 0 Å². The van der Waals surface area contributed by atoms with Crippen LogP contribution in [-0.2, 0) is 9.59 Å². The average Bonchev–Trinajstić information content (AvgIpc) is 2.81. The van der Waals surface area contributed by atoms with Crippen LogP contribution in [0.3, 0.4) is 0 Å². The number of nitrogens with one attached hydrogen (secondary N) is 2. The predicted molar refractivity (Wildman–Crippen MR) is 133 cm³/mol. The number of carbonyl (C=O) groups is 3. The Morgan fingerprint density at radius 2 is 1.50 bits per heavy atom. The van der Waals surface area contributed by atoms with Crippen LogP contribution < -0.4 is 20.1 Å². The van der Waals surface area contributed by atoms with E-state index in [0.29, 0.717) is 5.69 Å². The summed E-state index contributed by atoms with van der Waals surface area (Å²) in [6, 6.07) is 13.4. The molecule has 0 saturated heterocycles. The number of carboxylic acids is 1. The third kappa shape index (κ3) is 8.86. The van der Waals surface area contributed by atoms with E-state index in [0.717, 1.165) is 12.1 Å². The van der Waals surface area contributed by atoms with Crippen LogP contribution >= 0.6 is 23.2 Å². The molecule has 200 valence electrons. The summed E-state index contributed by atoms with van der Waals surface area (Å²) in [5, 5.41) is 14.5. The van der Waals surface area contributed by atoms with E-state index >= 15 is 0 Å². The van der Waals surface area contributed by atoms with Gasteiger partial charge in [0.15, 0.2) is 6.04 Å². The summed E-state index contributed by atoms with van der Waals surface area (Å²) in [4.78, 5) is 35.9. The van der Waals surface area contributed by atoms with Crippen molar-refractivity contribution in [2.75, 3.05) is 11.9 Å². The van der Waals surface area contributed by atoms with E-state index in [2.05, 4.69) is 15.4 Å². The summed E-state index contributed by atoms with van der Waals surface area (Å²) in [5.41, 5.74) is 0.851. The normalized spacial score (nSPS) is 11.8. The number of carboxylic acid groups (broad SMARTS) is 1. The molecule has 3 aromatic rings. The van der Waals surface area contributed by atoms with Gasteiger partial charge in [0.2, 0.25) is 0 Å². The van der Waals surface area contributed by atoms with E-state index in [-0.39, 0.29) is 39.9 Å². The zero-order valence-corrected chi connectivity index (χ0v) is 20.7. The highest BCUT2D eigenvalue weighted by atomic mass is 35.5. The Labute approximate surface area is 224 Å². The monoisotopic (exact) mass is 570 g/mol. The Bertz CT molecular complexity index is 1280. The molecule has 0 aliphatic carbocycles. The van der Waals surface area contributed by atoms with E-state index < -0.39 is 36.0 Å². The summed E-state index contributed by atoms with van der Waals surface area (Å²) in [6.07, 6.45) is -5.12. The molecule has 13 heteroatoms. The van der Waals surface area contributed by atoms with Gasteiger partial charge in [-0.2, -0.15) is 0 Å². The molecule has 0 radical (unpaired) electrons. The molecule has 1 unspecified atom stereocenters. The van der Waals surface area contributed by atoms with E-state index in [4.69, 9.17) is 33.0 Å². The van der Waals surface area contributed by atoms with Crippen molar-refractivity contribution >= 4 is 46.7 Å². The minimum atomic E-state index is -4.88. The molecule has 3 aromatic carbocycles.